The Morgan fingerprint density at radius 1 is 0.536 bits per heavy atom. The quantitative estimate of drug-likeness (QED) is 0.391. The Hall–Kier alpha value is -3.98. The highest BCUT2D eigenvalue weighted by Gasteiger charge is 1.90. The van der Waals surface area contributed by atoms with Crippen LogP contribution in [0.25, 0.3) is 0 Å². The number of rotatable bonds is 3. The third kappa shape index (κ3) is 9.49. The molecule has 0 saturated heterocycles. The van der Waals surface area contributed by atoms with Crippen molar-refractivity contribution in [3.05, 3.63) is 84.9 Å². The maximum atomic E-state index is 9.81. The van der Waals surface area contributed by atoms with Crippen LogP contribution in [0.5, 0.6) is 0 Å². The topological polar surface area (TPSA) is 88.3 Å². The molecule has 0 amide bonds. The van der Waals surface area contributed by atoms with Gasteiger partial charge in [-0.15, -0.1) is 0 Å². The lowest BCUT2D eigenvalue weighted by molar-refractivity contribution is 0.564. The molecule has 3 radical (unpaired) electrons. The van der Waals surface area contributed by atoms with Crippen LogP contribution < -0.4 is 5.19 Å². The Labute approximate surface area is 165 Å². The van der Waals surface area contributed by atoms with Crippen molar-refractivity contribution >= 4 is 50.7 Å². The molecule has 3 aromatic carbocycles. The molecule has 0 aliphatic rings. The van der Waals surface area contributed by atoms with Crippen LogP contribution in [0, 0.1) is 0 Å². The number of hydrogen-bond donors (Lipinski definition) is 0. The SMILES string of the molecule is O=C=Nc1ccccc1.O=C=Nc1ccccc1.O=C=Nc1ccccc1[Si]. The van der Waals surface area contributed by atoms with E-state index in [1.54, 1.807) is 36.4 Å². The van der Waals surface area contributed by atoms with E-state index < -0.39 is 0 Å². The van der Waals surface area contributed by atoms with Crippen LogP contribution in [-0.2, 0) is 14.4 Å². The largest absolute Gasteiger partial charge is 0.240 e. The molecule has 0 saturated carbocycles. The first-order valence-corrected chi connectivity index (χ1v) is 8.35. The highest BCUT2D eigenvalue weighted by molar-refractivity contribution is 6.35. The van der Waals surface area contributed by atoms with Gasteiger partial charge in [-0.2, -0.15) is 15.0 Å². The number of benzene rings is 3. The molecule has 0 bridgehead atoms. The molecular weight excluding hydrogens is 370 g/mol. The first-order valence-electron chi connectivity index (χ1n) is 7.85. The standard InChI is InChI=1S/C7H4NOSi.2C7H5NO/c9-5-8-6-3-1-2-4-7(6)10;2*9-6-8-7-4-2-1-3-5-7/h1-4H;2*1-5H. The summed E-state index contributed by atoms with van der Waals surface area (Å²) < 4.78 is 0. The van der Waals surface area contributed by atoms with Gasteiger partial charge in [0.05, 0.1) is 27.3 Å². The van der Waals surface area contributed by atoms with Crippen LogP contribution in [0.1, 0.15) is 0 Å². The van der Waals surface area contributed by atoms with Crippen LogP contribution in [0.4, 0.5) is 17.1 Å². The van der Waals surface area contributed by atoms with Crippen molar-refractivity contribution in [3.63, 3.8) is 0 Å². The molecule has 0 heterocycles. The molecule has 3 aromatic rings. The van der Waals surface area contributed by atoms with E-state index in [2.05, 4.69) is 25.2 Å². The number of para-hydroxylation sites is 3. The third-order valence-corrected chi connectivity index (χ3v) is 3.35. The Morgan fingerprint density at radius 2 is 0.929 bits per heavy atom. The second kappa shape index (κ2) is 14.2. The average Bonchev–Trinajstić information content (AvgIpc) is 2.73. The molecule has 0 aliphatic heterocycles. The zero-order valence-electron chi connectivity index (χ0n) is 14.6. The molecule has 28 heavy (non-hydrogen) atoms. The summed E-state index contributed by atoms with van der Waals surface area (Å²) in [6.45, 7) is 0. The first kappa shape index (κ1) is 22.1. The fourth-order valence-electron chi connectivity index (χ4n) is 1.73. The summed E-state index contributed by atoms with van der Waals surface area (Å²) in [6, 6.07) is 25.2. The van der Waals surface area contributed by atoms with Crippen molar-refractivity contribution in [1.82, 2.24) is 0 Å². The first-order chi connectivity index (χ1) is 13.7. The average molecular weight is 384 g/mol. The van der Waals surface area contributed by atoms with Crippen LogP contribution in [-0.4, -0.2) is 28.5 Å². The number of hydrogen-bond acceptors (Lipinski definition) is 6. The van der Waals surface area contributed by atoms with E-state index in [1.165, 1.54) is 18.2 Å². The molecule has 0 atom stereocenters. The van der Waals surface area contributed by atoms with Gasteiger partial charge in [0.15, 0.2) is 0 Å². The van der Waals surface area contributed by atoms with Gasteiger partial charge in [0.1, 0.15) is 0 Å². The van der Waals surface area contributed by atoms with Crippen LogP contribution in [0.15, 0.2) is 99.9 Å². The monoisotopic (exact) mass is 384 g/mol. The normalized spacial score (nSPS) is 8.18. The molecule has 0 aromatic heterocycles. The molecular formula is C21H14N3O3Si. The molecule has 135 valence electrons. The Morgan fingerprint density at radius 3 is 1.32 bits per heavy atom. The second-order valence-corrected chi connectivity index (χ2v) is 5.34. The minimum Gasteiger partial charge on any atom is -0.211 e. The van der Waals surface area contributed by atoms with E-state index in [0.29, 0.717) is 17.1 Å². The van der Waals surface area contributed by atoms with Gasteiger partial charge < -0.3 is 0 Å². The van der Waals surface area contributed by atoms with Gasteiger partial charge in [0.2, 0.25) is 18.2 Å². The summed E-state index contributed by atoms with van der Waals surface area (Å²) in [7, 11) is 3.27. The summed E-state index contributed by atoms with van der Waals surface area (Å²) in [5, 5.41) is 0.797. The van der Waals surface area contributed by atoms with Crippen molar-refractivity contribution in [2.45, 2.75) is 0 Å². The van der Waals surface area contributed by atoms with Crippen molar-refractivity contribution in [2.75, 3.05) is 0 Å². The Kier molecular flexibility index (Phi) is 11.2. The van der Waals surface area contributed by atoms with Gasteiger partial charge in [-0.1, -0.05) is 54.6 Å². The molecule has 0 aliphatic carbocycles. The molecule has 3 rings (SSSR count). The fourth-order valence-corrected chi connectivity index (χ4v) is 1.97. The van der Waals surface area contributed by atoms with E-state index in [4.69, 9.17) is 0 Å². The van der Waals surface area contributed by atoms with Crippen molar-refractivity contribution < 1.29 is 14.4 Å². The summed E-state index contributed by atoms with van der Waals surface area (Å²) in [5.74, 6) is 0. The number of carbonyl (C=O) groups excluding carboxylic acids is 3. The number of isocyanates is 3. The summed E-state index contributed by atoms with van der Waals surface area (Å²) >= 11 is 0. The molecule has 6 nitrogen and oxygen atoms in total. The molecule has 0 fully saturated rings. The minimum absolute atomic E-state index is 0.606. The van der Waals surface area contributed by atoms with Gasteiger partial charge >= 0.3 is 0 Å². The van der Waals surface area contributed by atoms with Gasteiger partial charge in [-0.3, -0.25) is 0 Å². The summed E-state index contributed by atoms with van der Waals surface area (Å²) in [5.41, 5.74) is 1.90. The predicted octanol–water partition coefficient (Wildman–Crippen LogP) is 3.76. The lowest BCUT2D eigenvalue weighted by atomic mass is 10.3. The van der Waals surface area contributed by atoms with Crippen molar-refractivity contribution in [3.8, 4) is 0 Å². The highest BCUT2D eigenvalue weighted by Crippen LogP contribution is 2.07. The zero-order valence-corrected chi connectivity index (χ0v) is 15.6. The Bertz CT molecular complexity index is 938. The summed E-state index contributed by atoms with van der Waals surface area (Å²) in [6.07, 6.45) is 4.39. The second-order valence-electron chi connectivity index (χ2n) is 4.80. The van der Waals surface area contributed by atoms with Crippen LogP contribution in [0.3, 0.4) is 0 Å². The number of nitrogens with zero attached hydrogens (tertiary/aromatic N) is 3. The fraction of sp³-hybridized carbons (Fsp3) is 0. The maximum absolute atomic E-state index is 9.81. The zero-order chi connectivity index (χ0) is 20.5. The third-order valence-electron chi connectivity index (χ3n) is 2.93. The van der Waals surface area contributed by atoms with E-state index in [9.17, 15) is 14.4 Å². The van der Waals surface area contributed by atoms with Gasteiger partial charge in [0, 0.05) is 0 Å². The van der Waals surface area contributed by atoms with Crippen LogP contribution >= 0.6 is 0 Å². The highest BCUT2D eigenvalue weighted by atomic mass is 28.1. The lowest BCUT2D eigenvalue weighted by Gasteiger charge is -1.92. The van der Waals surface area contributed by atoms with E-state index in [0.717, 1.165) is 5.19 Å². The van der Waals surface area contributed by atoms with Crippen molar-refractivity contribution in [2.24, 2.45) is 15.0 Å². The molecule has 0 spiro atoms. The molecule has 7 heteroatoms. The molecule has 0 unspecified atom stereocenters. The minimum atomic E-state index is 0.606. The number of aliphatic imine (C=N–C) groups is 3. The van der Waals surface area contributed by atoms with Gasteiger partial charge in [-0.25, -0.2) is 14.4 Å². The van der Waals surface area contributed by atoms with Gasteiger partial charge in [0.25, 0.3) is 0 Å². The van der Waals surface area contributed by atoms with E-state index in [1.807, 2.05) is 48.5 Å². The predicted molar refractivity (Wildman–Crippen MR) is 108 cm³/mol. The summed E-state index contributed by atoms with van der Waals surface area (Å²) in [4.78, 5) is 39.4. The van der Waals surface area contributed by atoms with Crippen molar-refractivity contribution in [1.29, 1.82) is 0 Å². The Balaban J connectivity index is 0.000000210. The van der Waals surface area contributed by atoms with E-state index in [-0.39, 0.29) is 0 Å². The smallest absolute Gasteiger partial charge is 0.211 e. The molecule has 0 N–H and O–H groups in total. The van der Waals surface area contributed by atoms with E-state index >= 15 is 0 Å². The van der Waals surface area contributed by atoms with Gasteiger partial charge in [-0.05, 0) is 35.5 Å². The lowest BCUT2D eigenvalue weighted by Crippen LogP contribution is -2.00. The maximum Gasteiger partial charge on any atom is 0.240 e. The van der Waals surface area contributed by atoms with Crippen LogP contribution in [0.2, 0.25) is 0 Å².